The third-order valence-corrected chi connectivity index (χ3v) is 7.48. The number of aliphatic hydroxyl groups is 1. The standard InChI is InChI=1S/C28H41N5O3/c1-18(2)13-23(32-21-7-5-4-6-8-21)27(35)33-17-28(3,36)15-24(33)26(34)31-16-19-9-10-22-20(14-19)11-12-30-25(22)29/h9-12,14,18,21,23-24,32,36H,4-8,13,15-17H2,1-3H3,(H2,29,30)(H,31,34)/t23-,24+,28+/m1/s1. The smallest absolute Gasteiger partial charge is 0.243 e. The molecule has 1 aromatic heterocycles. The van der Waals surface area contributed by atoms with Crippen molar-refractivity contribution in [3.63, 3.8) is 0 Å². The highest BCUT2D eigenvalue weighted by Crippen LogP contribution is 2.29. The first-order chi connectivity index (χ1) is 17.1. The summed E-state index contributed by atoms with van der Waals surface area (Å²) >= 11 is 0. The van der Waals surface area contributed by atoms with Gasteiger partial charge in [0.2, 0.25) is 11.8 Å². The predicted molar refractivity (Wildman–Crippen MR) is 142 cm³/mol. The van der Waals surface area contributed by atoms with Crippen LogP contribution in [-0.2, 0) is 16.1 Å². The van der Waals surface area contributed by atoms with Crippen molar-refractivity contribution in [2.45, 2.75) is 96.0 Å². The Bertz CT molecular complexity index is 1080. The molecule has 2 aliphatic rings. The Labute approximate surface area is 214 Å². The number of hydrogen-bond acceptors (Lipinski definition) is 6. The Balaban J connectivity index is 1.46. The minimum atomic E-state index is -1.10. The number of pyridine rings is 1. The summed E-state index contributed by atoms with van der Waals surface area (Å²) in [7, 11) is 0. The third-order valence-electron chi connectivity index (χ3n) is 7.48. The van der Waals surface area contributed by atoms with Crippen molar-refractivity contribution in [1.82, 2.24) is 20.5 Å². The van der Waals surface area contributed by atoms with Gasteiger partial charge in [0, 0.05) is 30.6 Å². The fourth-order valence-corrected chi connectivity index (χ4v) is 5.67. The minimum absolute atomic E-state index is 0.0825. The molecule has 2 aromatic rings. The fraction of sp³-hybridized carbons (Fsp3) is 0.607. The molecule has 8 heteroatoms. The van der Waals surface area contributed by atoms with Crippen molar-refractivity contribution in [2.24, 2.45) is 5.92 Å². The van der Waals surface area contributed by atoms with E-state index in [-0.39, 0.29) is 30.8 Å². The zero-order chi connectivity index (χ0) is 25.9. The van der Waals surface area contributed by atoms with Crippen LogP contribution in [-0.4, -0.2) is 57.1 Å². The van der Waals surface area contributed by atoms with E-state index in [1.807, 2.05) is 24.3 Å². The average molecular weight is 496 g/mol. The first-order valence-electron chi connectivity index (χ1n) is 13.3. The number of nitrogens with two attached hydrogens (primary N) is 1. The van der Waals surface area contributed by atoms with Crippen molar-refractivity contribution >= 4 is 28.4 Å². The maximum atomic E-state index is 13.8. The van der Waals surface area contributed by atoms with Gasteiger partial charge in [-0.25, -0.2) is 4.98 Å². The lowest BCUT2D eigenvalue weighted by atomic mass is 9.93. The Hall–Kier alpha value is -2.71. The van der Waals surface area contributed by atoms with Crippen LogP contribution in [0.3, 0.4) is 0 Å². The van der Waals surface area contributed by atoms with E-state index in [0.29, 0.717) is 30.7 Å². The largest absolute Gasteiger partial charge is 0.388 e. The highest BCUT2D eigenvalue weighted by Gasteiger charge is 2.46. The number of amides is 2. The van der Waals surface area contributed by atoms with Crippen LogP contribution in [0.25, 0.3) is 10.8 Å². The molecule has 2 fully saturated rings. The number of nitrogen functional groups attached to an aromatic ring is 1. The van der Waals surface area contributed by atoms with Crippen molar-refractivity contribution < 1.29 is 14.7 Å². The van der Waals surface area contributed by atoms with Gasteiger partial charge < -0.3 is 26.4 Å². The predicted octanol–water partition coefficient (Wildman–Crippen LogP) is 3.12. The molecule has 1 aliphatic heterocycles. The van der Waals surface area contributed by atoms with Gasteiger partial charge in [-0.3, -0.25) is 9.59 Å². The van der Waals surface area contributed by atoms with Crippen LogP contribution in [0.15, 0.2) is 30.5 Å². The topological polar surface area (TPSA) is 121 Å². The second-order valence-corrected chi connectivity index (χ2v) is 11.3. The molecule has 5 N–H and O–H groups in total. The number of β-amino-alcohol motifs (C(OH)–C–C–N with tert-alkyl or cyclic N) is 1. The van der Waals surface area contributed by atoms with Gasteiger partial charge in [-0.05, 0) is 55.2 Å². The summed E-state index contributed by atoms with van der Waals surface area (Å²) in [5.41, 5.74) is 5.78. The van der Waals surface area contributed by atoms with Gasteiger partial charge in [0.05, 0.1) is 18.2 Å². The molecule has 1 aromatic carbocycles. The summed E-state index contributed by atoms with van der Waals surface area (Å²) in [6.07, 6.45) is 8.37. The molecule has 0 radical (unpaired) electrons. The van der Waals surface area contributed by atoms with Crippen LogP contribution < -0.4 is 16.4 Å². The first-order valence-corrected chi connectivity index (χ1v) is 13.3. The summed E-state index contributed by atoms with van der Waals surface area (Å²) in [5.74, 6) is 0.489. The SMILES string of the molecule is CC(C)C[C@@H](NC1CCCCC1)C(=O)N1C[C@@](C)(O)C[C@H]1C(=O)NCc1ccc2c(N)nccc2c1. The Kier molecular flexibility index (Phi) is 8.15. The van der Waals surface area contributed by atoms with Gasteiger partial charge in [-0.15, -0.1) is 0 Å². The number of hydrogen-bond donors (Lipinski definition) is 4. The van der Waals surface area contributed by atoms with E-state index >= 15 is 0 Å². The molecular formula is C28H41N5O3. The monoisotopic (exact) mass is 495 g/mol. The molecule has 8 nitrogen and oxygen atoms in total. The van der Waals surface area contributed by atoms with Crippen molar-refractivity contribution in [2.75, 3.05) is 12.3 Å². The second-order valence-electron chi connectivity index (χ2n) is 11.3. The quantitative estimate of drug-likeness (QED) is 0.447. The maximum Gasteiger partial charge on any atom is 0.243 e. The summed E-state index contributed by atoms with van der Waals surface area (Å²) in [6, 6.07) is 6.98. The van der Waals surface area contributed by atoms with Gasteiger partial charge in [0.1, 0.15) is 11.9 Å². The molecule has 1 saturated carbocycles. The zero-order valence-corrected chi connectivity index (χ0v) is 21.8. The summed E-state index contributed by atoms with van der Waals surface area (Å²) in [5, 5.41) is 19.3. The highest BCUT2D eigenvalue weighted by atomic mass is 16.3. The summed E-state index contributed by atoms with van der Waals surface area (Å²) in [4.78, 5) is 32.8. The van der Waals surface area contributed by atoms with E-state index in [4.69, 9.17) is 5.73 Å². The number of fused-ring (bicyclic) bond motifs is 1. The van der Waals surface area contributed by atoms with E-state index in [9.17, 15) is 14.7 Å². The number of nitrogens with one attached hydrogen (secondary N) is 2. The van der Waals surface area contributed by atoms with Crippen molar-refractivity contribution in [1.29, 1.82) is 0 Å². The third kappa shape index (κ3) is 6.34. The van der Waals surface area contributed by atoms with Gasteiger partial charge in [-0.2, -0.15) is 0 Å². The lowest BCUT2D eigenvalue weighted by Crippen LogP contribution is -2.55. The van der Waals surface area contributed by atoms with Crippen LogP contribution in [0, 0.1) is 5.92 Å². The fourth-order valence-electron chi connectivity index (χ4n) is 5.67. The van der Waals surface area contributed by atoms with Crippen LogP contribution in [0.4, 0.5) is 5.82 Å². The molecule has 1 saturated heterocycles. The molecule has 0 unspecified atom stereocenters. The molecular weight excluding hydrogens is 454 g/mol. The molecule has 2 amide bonds. The minimum Gasteiger partial charge on any atom is -0.388 e. The van der Waals surface area contributed by atoms with Crippen LogP contribution in [0.1, 0.15) is 71.3 Å². The number of carbonyl (C=O) groups is 2. The normalized spacial score (nSPS) is 23.8. The number of aromatic nitrogens is 1. The number of rotatable bonds is 8. The number of nitrogens with zero attached hydrogens (tertiary/aromatic N) is 2. The van der Waals surface area contributed by atoms with Gasteiger partial charge >= 0.3 is 0 Å². The van der Waals surface area contributed by atoms with Crippen molar-refractivity contribution in [3.8, 4) is 0 Å². The van der Waals surface area contributed by atoms with Crippen LogP contribution in [0.2, 0.25) is 0 Å². The maximum absolute atomic E-state index is 13.8. The summed E-state index contributed by atoms with van der Waals surface area (Å²) in [6.45, 7) is 6.41. The molecule has 36 heavy (non-hydrogen) atoms. The Morgan fingerprint density at radius 2 is 1.97 bits per heavy atom. The molecule has 0 spiro atoms. The number of carbonyl (C=O) groups excluding carboxylic acids is 2. The number of likely N-dealkylation sites (tertiary alicyclic amines) is 1. The Morgan fingerprint density at radius 1 is 1.22 bits per heavy atom. The molecule has 3 atom stereocenters. The first kappa shape index (κ1) is 26.4. The molecule has 2 heterocycles. The molecule has 196 valence electrons. The average Bonchev–Trinajstić information content (AvgIpc) is 3.17. The van der Waals surface area contributed by atoms with E-state index in [0.717, 1.165) is 29.2 Å². The number of anilines is 1. The van der Waals surface area contributed by atoms with E-state index in [1.54, 1.807) is 18.0 Å². The highest BCUT2D eigenvalue weighted by molar-refractivity contribution is 5.92. The van der Waals surface area contributed by atoms with E-state index < -0.39 is 11.6 Å². The Morgan fingerprint density at radius 3 is 2.69 bits per heavy atom. The molecule has 0 bridgehead atoms. The summed E-state index contributed by atoms with van der Waals surface area (Å²) < 4.78 is 0. The van der Waals surface area contributed by atoms with Gasteiger partial charge in [-0.1, -0.05) is 45.2 Å². The van der Waals surface area contributed by atoms with Crippen molar-refractivity contribution in [3.05, 3.63) is 36.0 Å². The van der Waals surface area contributed by atoms with E-state index in [2.05, 4.69) is 29.5 Å². The van der Waals surface area contributed by atoms with Gasteiger partial charge in [0.25, 0.3) is 0 Å². The molecule has 1 aliphatic carbocycles. The lowest BCUT2D eigenvalue weighted by Gasteiger charge is -2.33. The zero-order valence-electron chi connectivity index (χ0n) is 21.8. The van der Waals surface area contributed by atoms with Crippen LogP contribution >= 0.6 is 0 Å². The lowest BCUT2D eigenvalue weighted by molar-refractivity contribution is -0.140. The second kappa shape index (κ2) is 11.1. The molecule has 4 rings (SSSR count). The van der Waals surface area contributed by atoms with Crippen LogP contribution in [0.5, 0.6) is 0 Å². The van der Waals surface area contributed by atoms with Gasteiger partial charge in [0.15, 0.2) is 0 Å². The van der Waals surface area contributed by atoms with E-state index in [1.165, 1.54) is 19.3 Å². The number of benzene rings is 1.